The molecule has 0 saturated heterocycles. The number of carbonyl (C=O) groups excluding carboxylic acids is 2. The van der Waals surface area contributed by atoms with Crippen molar-refractivity contribution in [1.29, 1.82) is 0 Å². The zero-order valence-electron chi connectivity index (χ0n) is 25.3. The van der Waals surface area contributed by atoms with Crippen molar-refractivity contribution in [2.75, 3.05) is 7.11 Å². The maximum absolute atomic E-state index is 12.8. The van der Waals surface area contributed by atoms with Crippen molar-refractivity contribution in [2.24, 2.45) is 50.7 Å². The summed E-state index contributed by atoms with van der Waals surface area (Å²) in [6.45, 7) is 17.9. The Bertz CT molecular complexity index is 952. The summed E-state index contributed by atoms with van der Waals surface area (Å²) in [7, 11) is 1.64. The average Bonchev–Trinajstić information content (AvgIpc) is 3.41. The number of ether oxygens (including phenoxy) is 2. The molecule has 37 heavy (non-hydrogen) atoms. The summed E-state index contributed by atoms with van der Waals surface area (Å²) in [5.74, 6) is 2.89. The van der Waals surface area contributed by atoms with Crippen LogP contribution in [0.4, 0.5) is 0 Å². The molecule has 210 valence electrons. The third-order valence-corrected chi connectivity index (χ3v) is 14.1. The van der Waals surface area contributed by atoms with Crippen LogP contribution >= 0.6 is 0 Å². The topological polar surface area (TPSA) is 52.6 Å². The van der Waals surface area contributed by atoms with Gasteiger partial charge in [0.15, 0.2) is 5.78 Å². The molecular formula is C33H54O4. The van der Waals surface area contributed by atoms with Crippen LogP contribution in [0.15, 0.2) is 0 Å². The van der Waals surface area contributed by atoms with Gasteiger partial charge in [0.1, 0.15) is 11.7 Å². The zero-order chi connectivity index (χ0) is 27.2. The molecular weight excluding hydrogens is 460 g/mol. The van der Waals surface area contributed by atoms with Crippen LogP contribution < -0.4 is 0 Å². The fourth-order valence-corrected chi connectivity index (χ4v) is 11.7. The van der Waals surface area contributed by atoms with E-state index in [-0.39, 0.29) is 23.3 Å². The van der Waals surface area contributed by atoms with Crippen molar-refractivity contribution >= 4 is 11.8 Å². The van der Waals surface area contributed by atoms with E-state index >= 15 is 0 Å². The predicted octanol–water partition coefficient (Wildman–Crippen LogP) is 7.77. The van der Waals surface area contributed by atoms with E-state index in [2.05, 4.69) is 34.6 Å². The van der Waals surface area contributed by atoms with E-state index in [9.17, 15) is 9.59 Å². The average molecular weight is 515 g/mol. The Morgan fingerprint density at radius 1 is 0.892 bits per heavy atom. The highest BCUT2D eigenvalue weighted by atomic mass is 16.5. The number of fused-ring (bicyclic) bond motifs is 2. The van der Waals surface area contributed by atoms with Crippen molar-refractivity contribution in [2.45, 2.75) is 138 Å². The quantitative estimate of drug-likeness (QED) is 0.326. The number of ketones is 1. The first kappa shape index (κ1) is 27.7. The van der Waals surface area contributed by atoms with E-state index in [1.165, 1.54) is 51.4 Å². The van der Waals surface area contributed by atoms with Crippen LogP contribution in [-0.2, 0) is 19.1 Å². The van der Waals surface area contributed by atoms with E-state index in [0.29, 0.717) is 45.8 Å². The Labute approximate surface area is 226 Å². The molecule has 0 aromatic rings. The minimum Gasteiger partial charge on any atom is -0.462 e. The Morgan fingerprint density at radius 2 is 1.54 bits per heavy atom. The summed E-state index contributed by atoms with van der Waals surface area (Å²) >= 11 is 0. The number of Topliss-reactive ketones (excluding diaryl/α,β-unsaturated/α-hetero) is 1. The largest absolute Gasteiger partial charge is 0.462 e. The molecule has 5 aliphatic carbocycles. The first-order valence-corrected chi connectivity index (χ1v) is 15.4. The van der Waals surface area contributed by atoms with Crippen LogP contribution in [0.5, 0.6) is 0 Å². The minimum atomic E-state index is -0.674. The third-order valence-electron chi connectivity index (χ3n) is 14.1. The van der Waals surface area contributed by atoms with Crippen molar-refractivity contribution in [3.63, 3.8) is 0 Å². The minimum absolute atomic E-state index is 0.0648. The summed E-state index contributed by atoms with van der Waals surface area (Å²) in [6, 6.07) is 0. The van der Waals surface area contributed by atoms with Gasteiger partial charge >= 0.3 is 5.97 Å². The van der Waals surface area contributed by atoms with Crippen molar-refractivity contribution in [3.8, 4) is 0 Å². The van der Waals surface area contributed by atoms with E-state index in [1.54, 1.807) is 14.0 Å². The monoisotopic (exact) mass is 514 g/mol. The Hall–Kier alpha value is -0.900. The van der Waals surface area contributed by atoms with Gasteiger partial charge in [-0.1, -0.05) is 34.6 Å². The normalized spacial score (nSPS) is 46.6. The van der Waals surface area contributed by atoms with Gasteiger partial charge in [0.25, 0.3) is 0 Å². The van der Waals surface area contributed by atoms with E-state index in [4.69, 9.17) is 9.47 Å². The second kappa shape index (κ2) is 8.55. The molecule has 0 radical (unpaired) electrons. The van der Waals surface area contributed by atoms with Crippen molar-refractivity contribution < 1.29 is 19.1 Å². The van der Waals surface area contributed by atoms with Gasteiger partial charge in [-0.2, -0.15) is 0 Å². The summed E-state index contributed by atoms with van der Waals surface area (Å²) in [6.07, 6.45) is 13.4. The Morgan fingerprint density at radius 3 is 2.19 bits per heavy atom. The molecule has 4 nitrogen and oxygen atoms in total. The number of carbonyl (C=O) groups is 2. The Kier molecular flexibility index (Phi) is 6.39. The summed E-state index contributed by atoms with van der Waals surface area (Å²) in [4.78, 5) is 24.7. The number of methoxy groups -OCH3 is 1. The molecule has 9 unspecified atom stereocenters. The number of esters is 1. The maximum Gasteiger partial charge on any atom is 0.302 e. The van der Waals surface area contributed by atoms with Crippen molar-refractivity contribution in [1.82, 2.24) is 0 Å². The first-order valence-electron chi connectivity index (χ1n) is 15.4. The lowest BCUT2D eigenvalue weighted by molar-refractivity contribution is -0.181. The molecule has 5 aliphatic rings. The number of hydrogen-bond donors (Lipinski definition) is 0. The predicted molar refractivity (Wildman–Crippen MR) is 147 cm³/mol. The molecule has 0 amide bonds. The number of hydrogen-bond acceptors (Lipinski definition) is 4. The summed E-state index contributed by atoms with van der Waals surface area (Å²) in [5.41, 5.74) is 1.14. The van der Waals surface area contributed by atoms with Gasteiger partial charge < -0.3 is 9.47 Å². The smallest absolute Gasteiger partial charge is 0.302 e. The highest BCUT2D eigenvalue weighted by Crippen LogP contribution is 2.89. The lowest BCUT2D eigenvalue weighted by Crippen LogP contribution is -2.58. The van der Waals surface area contributed by atoms with Gasteiger partial charge in [0.2, 0.25) is 0 Å². The summed E-state index contributed by atoms with van der Waals surface area (Å²) < 4.78 is 11.4. The van der Waals surface area contributed by atoms with E-state index in [0.717, 1.165) is 18.8 Å². The highest BCUT2D eigenvalue weighted by Gasteiger charge is 2.82. The standard InChI is InChI=1S/C33H54O4/c1-21(10-13-26(35)29(5,6)36-9)23-14-16-31(8)25-12-11-24-28(3,4)27(37-22(2)34)15-17-32(24)20-33(25,32)19-18-30(23,31)7/h21,23-25,27H,10-20H2,1-9H3. The SMILES string of the molecule is COC(C)(C)C(=O)CCC(C)C1CCC2(C)C3CCC4C(C)(C)C(OC(C)=O)CCC45CC35CCC12C. The Balaban J connectivity index is 1.34. The number of rotatable bonds is 7. The molecule has 0 bridgehead atoms. The highest BCUT2D eigenvalue weighted by molar-refractivity contribution is 5.86. The van der Waals surface area contributed by atoms with Crippen LogP contribution in [0.3, 0.4) is 0 Å². The molecule has 0 aromatic heterocycles. The molecule has 2 spiro atoms. The molecule has 5 fully saturated rings. The second-order valence-electron chi connectivity index (χ2n) is 15.8. The molecule has 5 saturated carbocycles. The molecule has 4 heteroatoms. The second-order valence-corrected chi connectivity index (χ2v) is 15.8. The van der Waals surface area contributed by atoms with Gasteiger partial charge in [0.05, 0.1) is 0 Å². The molecule has 9 atom stereocenters. The van der Waals surface area contributed by atoms with Gasteiger partial charge in [-0.15, -0.1) is 0 Å². The third kappa shape index (κ3) is 3.62. The van der Waals surface area contributed by atoms with Crippen LogP contribution in [0, 0.1) is 50.7 Å². The summed E-state index contributed by atoms with van der Waals surface area (Å²) in [5, 5.41) is 0. The van der Waals surface area contributed by atoms with E-state index in [1.807, 2.05) is 13.8 Å². The van der Waals surface area contributed by atoms with Gasteiger partial charge in [-0.25, -0.2) is 0 Å². The van der Waals surface area contributed by atoms with E-state index < -0.39 is 5.60 Å². The van der Waals surface area contributed by atoms with Crippen LogP contribution in [0.2, 0.25) is 0 Å². The fourth-order valence-electron chi connectivity index (χ4n) is 11.7. The van der Waals surface area contributed by atoms with Crippen LogP contribution in [0.25, 0.3) is 0 Å². The molecule has 0 aromatic carbocycles. The van der Waals surface area contributed by atoms with Gasteiger partial charge in [-0.05, 0) is 123 Å². The zero-order valence-corrected chi connectivity index (χ0v) is 25.3. The van der Waals surface area contributed by atoms with Crippen LogP contribution in [-0.4, -0.2) is 30.6 Å². The fraction of sp³-hybridized carbons (Fsp3) is 0.939. The molecule has 5 rings (SSSR count). The lowest BCUT2D eigenvalue weighted by atomic mass is 9.41. The lowest BCUT2D eigenvalue weighted by Gasteiger charge is -2.63. The maximum atomic E-state index is 12.8. The molecule has 0 aliphatic heterocycles. The van der Waals surface area contributed by atoms with Crippen molar-refractivity contribution in [3.05, 3.63) is 0 Å². The van der Waals surface area contributed by atoms with Gasteiger partial charge in [0, 0.05) is 25.9 Å². The van der Waals surface area contributed by atoms with Gasteiger partial charge in [-0.3, -0.25) is 9.59 Å². The molecule has 0 heterocycles. The van der Waals surface area contributed by atoms with Crippen LogP contribution in [0.1, 0.15) is 126 Å². The first-order chi connectivity index (χ1) is 17.1. The molecule has 0 N–H and O–H groups in total.